The summed E-state index contributed by atoms with van der Waals surface area (Å²) < 4.78 is 5.84. The number of piperazine rings is 1. The second kappa shape index (κ2) is 10.7. The van der Waals surface area contributed by atoms with Gasteiger partial charge in [0.2, 0.25) is 5.91 Å². The normalized spacial score (nSPS) is 14.1. The average molecular weight is 485 g/mol. The average Bonchev–Trinajstić information content (AvgIpc) is 3.36. The van der Waals surface area contributed by atoms with Gasteiger partial charge in [0.25, 0.3) is 0 Å². The number of ether oxygens (including phenoxy) is 1. The van der Waals surface area contributed by atoms with Gasteiger partial charge >= 0.3 is 0 Å². The van der Waals surface area contributed by atoms with E-state index >= 15 is 0 Å². The molecule has 0 N–H and O–H groups in total. The van der Waals surface area contributed by atoms with Gasteiger partial charge in [0.15, 0.2) is 0 Å². The lowest BCUT2D eigenvalue weighted by molar-refractivity contribution is -0.126. The van der Waals surface area contributed by atoms with Crippen LogP contribution in [0.5, 0.6) is 5.75 Å². The van der Waals surface area contributed by atoms with Crippen molar-refractivity contribution >= 4 is 39.4 Å². The summed E-state index contributed by atoms with van der Waals surface area (Å²) in [5.74, 6) is 1.82. The Labute approximate surface area is 209 Å². The highest BCUT2D eigenvalue weighted by Gasteiger charge is 2.22. The number of aryl methyl sites for hydroxylation is 1. The lowest BCUT2D eigenvalue weighted by Gasteiger charge is -2.35. The molecule has 35 heavy (non-hydrogen) atoms. The van der Waals surface area contributed by atoms with Crippen LogP contribution < -0.4 is 9.64 Å². The van der Waals surface area contributed by atoms with E-state index in [0.29, 0.717) is 19.7 Å². The third kappa shape index (κ3) is 5.52. The molecule has 2 aromatic heterocycles. The molecule has 2 aromatic carbocycles. The van der Waals surface area contributed by atoms with Crippen molar-refractivity contribution in [2.24, 2.45) is 0 Å². The van der Waals surface area contributed by atoms with Crippen LogP contribution in [0.1, 0.15) is 22.9 Å². The van der Waals surface area contributed by atoms with Gasteiger partial charge in [-0.2, -0.15) is 0 Å². The molecule has 1 aliphatic rings. The predicted molar refractivity (Wildman–Crippen MR) is 142 cm³/mol. The van der Waals surface area contributed by atoms with Crippen molar-refractivity contribution in [1.29, 1.82) is 0 Å². The maximum atomic E-state index is 12.8. The number of anilines is 1. The molecule has 0 saturated carbocycles. The van der Waals surface area contributed by atoms with Crippen LogP contribution in [-0.4, -0.2) is 47.0 Å². The molecular formula is C28H28N4O2S. The summed E-state index contributed by atoms with van der Waals surface area (Å²) in [7, 11) is 0. The fourth-order valence-electron chi connectivity index (χ4n) is 4.15. The van der Waals surface area contributed by atoms with E-state index in [4.69, 9.17) is 4.74 Å². The molecule has 4 aromatic rings. The van der Waals surface area contributed by atoms with Gasteiger partial charge in [-0.1, -0.05) is 49.4 Å². The predicted octanol–water partition coefficient (Wildman–Crippen LogP) is 5.19. The summed E-state index contributed by atoms with van der Waals surface area (Å²) in [6.07, 6.45) is 6.16. The second-order valence-corrected chi connectivity index (χ2v) is 9.59. The third-order valence-corrected chi connectivity index (χ3v) is 7.33. The lowest BCUT2D eigenvalue weighted by Crippen LogP contribution is -2.48. The molecule has 0 aliphatic carbocycles. The van der Waals surface area contributed by atoms with E-state index in [0.717, 1.165) is 52.4 Å². The zero-order valence-corrected chi connectivity index (χ0v) is 20.6. The highest BCUT2D eigenvalue weighted by atomic mass is 32.1. The lowest BCUT2D eigenvalue weighted by atomic mass is 10.2. The molecule has 3 heterocycles. The molecule has 5 rings (SSSR count). The van der Waals surface area contributed by atoms with Crippen molar-refractivity contribution in [1.82, 2.24) is 14.9 Å². The fraction of sp³-hybridized carbons (Fsp3) is 0.250. The van der Waals surface area contributed by atoms with Crippen LogP contribution in [0.4, 0.5) is 5.82 Å². The van der Waals surface area contributed by atoms with E-state index in [1.54, 1.807) is 23.7 Å². The number of amides is 1. The molecular weight excluding hydrogens is 456 g/mol. The molecule has 0 radical (unpaired) electrons. The minimum Gasteiger partial charge on any atom is -0.489 e. The zero-order chi connectivity index (χ0) is 24.0. The highest BCUT2D eigenvalue weighted by Crippen LogP contribution is 2.31. The van der Waals surface area contributed by atoms with Gasteiger partial charge in [0.05, 0.1) is 5.39 Å². The monoisotopic (exact) mass is 484 g/mol. The maximum absolute atomic E-state index is 12.8. The molecule has 0 unspecified atom stereocenters. The Balaban J connectivity index is 1.14. The van der Waals surface area contributed by atoms with E-state index in [-0.39, 0.29) is 5.91 Å². The number of aromatic nitrogens is 2. The fourth-order valence-corrected chi connectivity index (χ4v) is 5.08. The highest BCUT2D eigenvalue weighted by molar-refractivity contribution is 7.18. The van der Waals surface area contributed by atoms with Gasteiger partial charge in [-0.05, 0) is 41.8 Å². The Morgan fingerprint density at radius 3 is 2.54 bits per heavy atom. The molecule has 7 heteroatoms. The Morgan fingerprint density at radius 2 is 1.80 bits per heavy atom. The third-order valence-electron chi connectivity index (χ3n) is 6.15. The summed E-state index contributed by atoms with van der Waals surface area (Å²) in [6.45, 7) is 5.56. The standard InChI is InChI=1S/C28H28N4O2S/c1-2-24-18-25-27(29-20-30-28(25)35-24)32-16-14-31(15-17-32)26(33)13-10-21-8-11-23(12-9-21)34-19-22-6-4-3-5-7-22/h3-13,18,20H,2,14-17,19H2,1H3/b13-10+. The van der Waals surface area contributed by atoms with E-state index < -0.39 is 0 Å². The first kappa shape index (κ1) is 23.1. The van der Waals surface area contributed by atoms with Crippen LogP contribution >= 0.6 is 11.3 Å². The largest absolute Gasteiger partial charge is 0.489 e. The molecule has 1 saturated heterocycles. The van der Waals surface area contributed by atoms with Gasteiger partial charge in [0.1, 0.15) is 29.3 Å². The maximum Gasteiger partial charge on any atom is 0.246 e. The van der Waals surface area contributed by atoms with E-state index in [9.17, 15) is 4.79 Å². The van der Waals surface area contributed by atoms with Gasteiger partial charge < -0.3 is 14.5 Å². The van der Waals surface area contributed by atoms with Crippen LogP contribution in [0.25, 0.3) is 16.3 Å². The van der Waals surface area contributed by atoms with Crippen molar-refractivity contribution in [3.63, 3.8) is 0 Å². The first-order valence-electron chi connectivity index (χ1n) is 11.9. The molecule has 178 valence electrons. The SMILES string of the molecule is CCc1cc2c(N3CCN(C(=O)/C=C/c4ccc(OCc5ccccc5)cc4)CC3)ncnc2s1. The van der Waals surface area contributed by atoms with E-state index in [1.807, 2.05) is 65.6 Å². The summed E-state index contributed by atoms with van der Waals surface area (Å²) in [4.78, 5) is 28.3. The van der Waals surface area contributed by atoms with Gasteiger partial charge in [0, 0.05) is 37.1 Å². The number of carbonyl (C=O) groups excluding carboxylic acids is 1. The minimum absolute atomic E-state index is 0.0330. The number of rotatable bonds is 7. The zero-order valence-electron chi connectivity index (χ0n) is 19.8. The summed E-state index contributed by atoms with van der Waals surface area (Å²) in [5.41, 5.74) is 2.10. The Morgan fingerprint density at radius 1 is 1.03 bits per heavy atom. The second-order valence-electron chi connectivity index (χ2n) is 8.47. The van der Waals surface area contributed by atoms with Gasteiger partial charge in [-0.3, -0.25) is 4.79 Å². The van der Waals surface area contributed by atoms with Crippen LogP contribution in [0, 0.1) is 0 Å². The smallest absolute Gasteiger partial charge is 0.246 e. The molecule has 6 nitrogen and oxygen atoms in total. The molecule has 1 amide bonds. The van der Waals surface area contributed by atoms with Crippen LogP contribution in [0.2, 0.25) is 0 Å². The van der Waals surface area contributed by atoms with Crippen molar-refractivity contribution in [2.75, 3.05) is 31.1 Å². The topological polar surface area (TPSA) is 58.6 Å². The molecule has 0 bridgehead atoms. The number of hydrogen-bond acceptors (Lipinski definition) is 6. The number of hydrogen-bond donors (Lipinski definition) is 0. The number of benzene rings is 2. The first-order valence-corrected chi connectivity index (χ1v) is 12.7. The Kier molecular flexibility index (Phi) is 7.04. The van der Waals surface area contributed by atoms with E-state index in [1.165, 1.54) is 4.88 Å². The van der Waals surface area contributed by atoms with Crippen molar-refractivity contribution in [3.8, 4) is 5.75 Å². The number of fused-ring (bicyclic) bond motifs is 1. The van der Waals surface area contributed by atoms with E-state index in [2.05, 4.69) is 27.9 Å². The quantitative estimate of drug-likeness (QED) is 0.338. The van der Waals surface area contributed by atoms with Crippen LogP contribution in [0.15, 0.2) is 73.1 Å². The number of nitrogens with zero attached hydrogens (tertiary/aromatic N) is 4. The summed E-state index contributed by atoms with van der Waals surface area (Å²) >= 11 is 1.73. The van der Waals surface area contributed by atoms with Crippen molar-refractivity contribution < 1.29 is 9.53 Å². The Bertz CT molecular complexity index is 1310. The molecule has 1 fully saturated rings. The first-order chi connectivity index (χ1) is 17.2. The number of thiophene rings is 1. The van der Waals surface area contributed by atoms with Crippen LogP contribution in [0.3, 0.4) is 0 Å². The van der Waals surface area contributed by atoms with Crippen molar-refractivity contribution in [3.05, 3.63) is 89.1 Å². The molecule has 0 spiro atoms. The minimum atomic E-state index is 0.0330. The Hall–Kier alpha value is -3.71. The number of carbonyl (C=O) groups is 1. The van der Waals surface area contributed by atoms with Crippen molar-refractivity contribution in [2.45, 2.75) is 20.0 Å². The summed E-state index contributed by atoms with van der Waals surface area (Å²) in [5, 5.41) is 1.12. The molecule has 1 aliphatic heterocycles. The summed E-state index contributed by atoms with van der Waals surface area (Å²) in [6, 6.07) is 20.1. The van der Waals surface area contributed by atoms with Crippen LogP contribution in [-0.2, 0) is 17.8 Å². The van der Waals surface area contributed by atoms with Gasteiger partial charge in [-0.25, -0.2) is 9.97 Å². The molecule has 0 atom stereocenters. The van der Waals surface area contributed by atoms with Gasteiger partial charge in [-0.15, -0.1) is 11.3 Å².